The van der Waals surface area contributed by atoms with Crippen LogP contribution in [0.25, 0.3) is 0 Å². The van der Waals surface area contributed by atoms with E-state index in [2.05, 4.69) is 20.6 Å². The molecule has 1 aromatic carbocycles. The molecule has 4 N–H and O–H groups in total. The average Bonchev–Trinajstić information content (AvgIpc) is 3.57. The number of hydrogen-bond donors (Lipinski definition) is 3. The van der Waals surface area contributed by atoms with E-state index in [1.807, 2.05) is 12.1 Å². The highest BCUT2D eigenvalue weighted by atomic mass is 16.2. The molecule has 1 saturated carbocycles. The zero-order valence-corrected chi connectivity index (χ0v) is 17.3. The van der Waals surface area contributed by atoms with Crippen LogP contribution in [-0.4, -0.2) is 44.5 Å². The predicted molar refractivity (Wildman–Crippen MR) is 112 cm³/mol. The second kappa shape index (κ2) is 7.70. The van der Waals surface area contributed by atoms with Crippen molar-refractivity contribution < 1.29 is 19.2 Å². The van der Waals surface area contributed by atoms with E-state index < -0.39 is 11.9 Å². The number of benzene rings is 1. The number of hydrogen-bond acceptors (Lipinski definition) is 7. The summed E-state index contributed by atoms with van der Waals surface area (Å²) < 4.78 is 0. The molecule has 0 radical (unpaired) electrons. The van der Waals surface area contributed by atoms with Gasteiger partial charge in [0, 0.05) is 37.2 Å². The summed E-state index contributed by atoms with van der Waals surface area (Å²) in [5.74, 6) is -0.222. The van der Waals surface area contributed by atoms with Crippen LogP contribution in [0.15, 0.2) is 24.4 Å². The van der Waals surface area contributed by atoms with Crippen LogP contribution in [0.3, 0.4) is 0 Å². The first-order chi connectivity index (χ1) is 15.4. The van der Waals surface area contributed by atoms with Crippen LogP contribution in [-0.2, 0) is 22.7 Å². The molecule has 1 saturated heterocycles. The van der Waals surface area contributed by atoms with Crippen LogP contribution in [0.1, 0.15) is 69.3 Å². The van der Waals surface area contributed by atoms with Gasteiger partial charge >= 0.3 is 0 Å². The fourth-order valence-corrected chi connectivity index (χ4v) is 4.11. The molecular formula is C22H22N6O4. The van der Waals surface area contributed by atoms with Crippen LogP contribution in [0.2, 0.25) is 0 Å². The summed E-state index contributed by atoms with van der Waals surface area (Å²) in [5.41, 5.74) is 8.20. The van der Waals surface area contributed by atoms with Crippen molar-refractivity contribution >= 4 is 29.4 Å². The molecule has 0 spiro atoms. The number of nitrogens with zero attached hydrogens (tertiary/aromatic N) is 3. The van der Waals surface area contributed by atoms with Crippen LogP contribution < -0.4 is 16.4 Å². The normalized spacial score (nSPS) is 20.2. The van der Waals surface area contributed by atoms with Gasteiger partial charge in [0.15, 0.2) is 0 Å². The first-order valence-corrected chi connectivity index (χ1v) is 10.6. The molecule has 2 aromatic rings. The van der Waals surface area contributed by atoms with E-state index >= 15 is 0 Å². The largest absolute Gasteiger partial charge is 0.383 e. The Morgan fingerprint density at radius 2 is 2.03 bits per heavy atom. The monoisotopic (exact) mass is 434 g/mol. The first kappa shape index (κ1) is 20.1. The van der Waals surface area contributed by atoms with Gasteiger partial charge in [0.1, 0.15) is 17.7 Å². The van der Waals surface area contributed by atoms with Crippen LogP contribution in [0.5, 0.6) is 0 Å². The molecule has 10 nitrogen and oxygen atoms in total. The highest BCUT2D eigenvalue weighted by Crippen LogP contribution is 2.38. The number of nitrogen functional groups attached to an aromatic ring is 1. The first-order valence-electron chi connectivity index (χ1n) is 10.6. The number of imide groups is 1. The highest BCUT2D eigenvalue weighted by Gasteiger charge is 2.39. The smallest absolute Gasteiger partial charge is 0.256 e. The maximum absolute atomic E-state index is 12.9. The molecule has 3 heterocycles. The number of rotatable bonds is 5. The van der Waals surface area contributed by atoms with Crippen LogP contribution in [0, 0.1) is 0 Å². The second-order valence-electron chi connectivity index (χ2n) is 8.38. The van der Waals surface area contributed by atoms with Crippen molar-refractivity contribution in [3.63, 3.8) is 0 Å². The minimum absolute atomic E-state index is 0.156. The maximum Gasteiger partial charge on any atom is 0.256 e. The number of carbonyl (C=O) groups is 4. The molecule has 1 unspecified atom stereocenters. The van der Waals surface area contributed by atoms with Gasteiger partial charge in [0.25, 0.3) is 11.8 Å². The van der Waals surface area contributed by atoms with Gasteiger partial charge in [0.05, 0.1) is 5.56 Å². The lowest BCUT2D eigenvalue weighted by molar-refractivity contribution is -0.136. The predicted octanol–water partition coefficient (Wildman–Crippen LogP) is 0.627. The molecule has 0 bridgehead atoms. The Labute approximate surface area is 183 Å². The van der Waals surface area contributed by atoms with E-state index in [0.29, 0.717) is 30.3 Å². The number of nitrogens with two attached hydrogens (primary N) is 1. The van der Waals surface area contributed by atoms with Crippen molar-refractivity contribution in [3.05, 3.63) is 52.5 Å². The third kappa shape index (κ3) is 3.68. The molecule has 1 atom stereocenters. The Morgan fingerprint density at radius 3 is 2.75 bits per heavy atom. The van der Waals surface area contributed by atoms with Gasteiger partial charge in [-0.2, -0.15) is 0 Å². The summed E-state index contributed by atoms with van der Waals surface area (Å²) in [6.07, 6.45) is 4.07. The molecule has 32 heavy (non-hydrogen) atoms. The van der Waals surface area contributed by atoms with Crippen molar-refractivity contribution in [2.24, 2.45) is 0 Å². The molecule has 164 valence electrons. The van der Waals surface area contributed by atoms with Gasteiger partial charge in [0.2, 0.25) is 11.8 Å². The van der Waals surface area contributed by atoms with E-state index in [0.717, 1.165) is 24.0 Å². The number of fused-ring (bicyclic) bond motifs is 1. The highest BCUT2D eigenvalue weighted by molar-refractivity contribution is 6.05. The summed E-state index contributed by atoms with van der Waals surface area (Å²) in [6, 6.07) is 4.72. The Bertz CT molecular complexity index is 1160. The van der Waals surface area contributed by atoms with Gasteiger partial charge in [-0.3, -0.25) is 24.5 Å². The number of carbonyl (C=O) groups excluding carboxylic acids is 4. The van der Waals surface area contributed by atoms with Crippen molar-refractivity contribution in [3.8, 4) is 0 Å². The van der Waals surface area contributed by atoms with Gasteiger partial charge in [-0.05, 0) is 36.5 Å². The molecule has 5 rings (SSSR count). The van der Waals surface area contributed by atoms with Gasteiger partial charge in [-0.1, -0.05) is 12.1 Å². The summed E-state index contributed by atoms with van der Waals surface area (Å²) in [6.45, 7) is 0.510. The number of aromatic nitrogens is 2. The van der Waals surface area contributed by atoms with Gasteiger partial charge in [-0.25, -0.2) is 9.97 Å². The van der Waals surface area contributed by atoms with E-state index in [-0.39, 0.29) is 42.1 Å². The van der Waals surface area contributed by atoms with Crippen molar-refractivity contribution in [1.82, 2.24) is 25.5 Å². The van der Waals surface area contributed by atoms with Crippen molar-refractivity contribution in [2.45, 2.75) is 50.7 Å². The zero-order valence-electron chi connectivity index (χ0n) is 17.3. The lowest BCUT2D eigenvalue weighted by Gasteiger charge is -2.29. The molecule has 10 heteroatoms. The Kier molecular flexibility index (Phi) is 4.84. The molecule has 2 aliphatic heterocycles. The van der Waals surface area contributed by atoms with E-state index in [1.165, 1.54) is 11.1 Å². The molecule has 1 aromatic heterocycles. The Balaban J connectivity index is 1.25. The zero-order chi connectivity index (χ0) is 22.4. The fraction of sp³-hybridized carbons (Fsp3) is 0.364. The minimum atomic E-state index is -0.655. The third-order valence-corrected chi connectivity index (χ3v) is 6.07. The lowest BCUT2D eigenvalue weighted by Crippen LogP contribution is -2.52. The Morgan fingerprint density at radius 1 is 1.22 bits per heavy atom. The molecular weight excluding hydrogens is 412 g/mol. The number of anilines is 1. The Hall–Kier alpha value is -3.82. The lowest BCUT2D eigenvalue weighted by atomic mass is 10.0. The third-order valence-electron chi connectivity index (χ3n) is 6.07. The van der Waals surface area contributed by atoms with E-state index in [9.17, 15) is 19.2 Å². The van der Waals surface area contributed by atoms with E-state index in [1.54, 1.807) is 6.07 Å². The summed E-state index contributed by atoms with van der Waals surface area (Å²) in [7, 11) is 0. The molecule has 1 aliphatic carbocycles. The maximum atomic E-state index is 12.9. The topological polar surface area (TPSA) is 147 Å². The van der Waals surface area contributed by atoms with Crippen LogP contribution in [0.4, 0.5) is 5.82 Å². The molecule has 2 fully saturated rings. The second-order valence-corrected chi connectivity index (χ2v) is 8.38. The summed E-state index contributed by atoms with van der Waals surface area (Å²) in [4.78, 5) is 59.0. The standard InChI is InChI=1S/C22H22N6O4/c23-18-15(9-24-19(27-18)12-3-4-12)20(30)25-8-11-1-2-13-10-28(22(32)14(13)7-11)16-5-6-17(29)26-21(16)31/h1-2,7,9,12,16H,3-6,8,10H2,(H,25,30)(H2,23,24,27)(H,26,29,31). The number of piperidine rings is 1. The average molecular weight is 434 g/mol. The molecule has 3 aliphatic rings. The SMILES string of the molecule is Nc1nc(C2CC2)ncc1C(=O)NCc1ccc2c(c1)C(=O)N(C1CCC(=O)NC1=O)C2. The fourth-order valence-electron chi connectivity index (χ4n) is 4.11. The van der Waals surface area contributed by atoms with E-state index in [4.69, 9.17) is 5.73 Å². The number of nitrogens with one attached hydrogen (secondary N) is 2. The minimum Gasteiger partial charge on any atom is -0.383 e. The van der Waals surface area contributed by atoms with Crippen molar-refractivity contribution in [1.29, 1.82) is 0 Å². The van der Waals surface area contributed by atoms with Gasteiger partial charge < -0.3 is 16.0 Å². The molecule has 4 amide bonds. The quantitative estimate of drug-likeness (QED) is 0.585. The van der Waals surface area contributed by atoms with Crippen molar-refractivity contribution in [2.75, 3.05) is 5.73 Å². The summed E-state index contributed by atoms with van der Waals surface area (Å²) >= 11 is 0. The summed E-state index contributed by atoms with van der Waals surface area (Å²) in [5, 5.41) is 5.08. The number of amides is 4. The van der Waals surface area contributed by atoms with Gasteiger partial charge in [-0.15, -0.1) is 0 Å². The van der Waals surface area contributed by atoms with Crippen LogP contribution >= 0.6 is 0 Å².